The molecule has 1 fully saturated rings. The van der Waals surface area contributed by atoms with Gasteiger partial charge in [-0.05, 0) is 37.5 Å². The molecule has 2 N–H and O–H groups in total. The zero-order valence-electron chi connectivity index (χ0n) is 11.4. The molecule has 112 valence electrons. The molecule has 1 aromatic carbocycles. The van der Waals surface area contributed by atoms with Gasteiger partial charge in [-0.1, -0.05) is 0 Å². The van der Waals surface area contributed by atoms with Crippen molar-refractivity contribution in [2.75, 3.05) is 25.9 Å². The SMILES string of the molecule is CN(CC1CCCCO1)S(=O)(=O)c1ccc(F)cc1N. The van der Waals surface area contributed by atoms with Crippen LogP contribution in [0.25, 0.3) is 0 Å². The van der Waals surface area contributed by atoms with E-state index in [0.717, 1.165) is 31.4 Å². The Morgan fingerprint density at radius 3 is 2.80 bits per heavy atom. The lowest BCUT2D eigenvalue weighted by Gasteiger charge is -2.27. The highest BCUT2D eigenvalue weighted by Gasteiger charge is 2.27. The number of anilines is 1. The van der Waals surface area contributed by atoms with Crippen LogP contribution >= 0.6 is 0 Å². The van der Waals surface area contributed by atoms with Crippen LogP contribution in [0, 0.1) is 5.82 Å². The number of nitrogens with two attached hydrogens (primary N) is 1. The summed E-state index contributed by atoms with van der Waals surface area (Å²) in [5.74, 6) is -0.556. The number of sulfonamides is 1. The van der Waals surface area contributed by atoms with E-state index in [9.17, 15) is 12.8 Å². The van der Waals surface area contributed by atoms with Gasteiger partial charge in [0.15, 0.2) is 0 Å². The Hall–Kier alpha value is -1.18. The van der Waals surface area contributed by atoms with Crippen molar-refractivity contribution < 1.29 is 17.5 Å². The number of rotatable bonds is 4. The Kier molecular flexibility index (Phi) is 4.62. The molecule has 1 aliphatic heterocycles. The van der Waals surface area contributed by atoms with Crippen LogP contribution in [0.2, 0.25) is 0 Å². The van der Waals surface area contributed by atoms with Gasteiger partial charge >= 0.3 is 0 Å². The van der Waals surface area contributed by atoms with Gasteiger partial charge in [-0.25, -0.2) is 12.8 Å². The molecule has 1 aromatic rings. The normalized spacial score (nSPS) is 20.2. The lowest BCUT2D eigenvalue weighted by molar-refractivity contribution is 0.00859. The predicted molar refractivity (Wildman–Crippen MR) is 74.2 cm³/mol. The predicted octanol–water partition coefficient (Wildman–Crippen LogP) is 1.60. The first-order chi connectivity index (χ1) is 9.41. The van der Waals surface area contributed by atoms with Gasteiger partial charge in [0.2, 0.25) is 10.0 Å². The average Bonchev–Trinajstić information content (AvgIpc) is 2.39. The maximum atomic E-state index is 13.0. The van der Waals surface area contributed by atoms with Gasteiger partial charge in [0.05, 0.1) is 11.8 Å². The zero-order valence-corrected chi connectivity index (χ0v) is 12.2. The molecule has 0 spiro atoms. The first kappa shape index (κ1) is 15.2. The molecule has 0 aromatic heterocycles. The third-order valence-electron chi connectivity index (χ3n) is 3.39. The summed E-state index contributed by atoms with van der Waals surface area (Å²) in [5.41, 5.74) is 5.52. The van der Waals surface area contributed by atoms with Crippen LogP contribution in [-0.2, 0) is 14.8 Å². The second kappa shape index (κ2) is 6.07. The molecule has 0 saturated carbocycles. The fourth-order valence-corrected chi connectivity index (χ4v) is 3.55. The number of benzene rings is 1. The third kappa shape index (κ3) is 3.28. The van der Waals surface area contributed by atoms with E-state index in [4.69, 9.17) is 10.5 Å². The van der Waals surface area contributed by atoms with Crippen molar-refractivity contribution in [2.24, 2.45) is 0 Å². The molecule has 0 radical (unpaired) electrons. The minimum Gasteiger partial charge on any atom is -0.398 e. The first-order valence-electron chi connectivity index (χ1n) is 6.54. The summed E-state index contributed by atoms with van der Waals surface area (Å²) in [6, 6.07) is 3.30. The summed E-state index contributed by atoms with van der Waals surface area (Å²) in [4.78, 5) is -0.0720. The molecule has 0 aliphatic carbocycles. The molecule has 0 bridgehead atoms. The molecular formula is C13H19FN2O3S. The van der Waals surface area contributed by atoms with Gasteiger partial charge in [0.25, 0.3) is 0 Å². The number of hydrogen-bond acceptors (Lipinski definition) is 4. The van der Waals surface area contributed by atoms with E-state index in [1.807, 2.05) is 0 Å². The van der Waals surface area contributed by atoms with Crippen LogP contribution < -0.4 is 5.73 Å². The summed E-state index contributed by atoms with van der Waals surface area (Å²) in [6.45, 7) is 0.941. The van der Waals surface area contributed by atoms with Crippen LogP contribution in [0.1, 0.15) is 19.3 Å². The third-order valence-corrected chi connectivity index (χ3v) is 5.29. The van der Waals surface area contributed by atoms with Crippen LogP contribution in [0.5, 0.6) is 0 Å². The standard InChI is InChI=1S/C13H19FN2O3S/c1-16(9-11-4-2-3-7-19-11)20(17,18)13-6-5-10(14)8-12(13)15/h5-6,8,11H,2-4,7,9,15H2,1H3. The lowest BCUT2D eigenvalue weighted by Crippen LogP contribution is -2.37. The van der Waals surface area contributed by atoms with Crippen LogP contribution in [0.4, 0.5) is 10.1 Å². The highest BCUT2D eigenvalue weighted by atomic mass is 32.2. The average molecular weight is 302 g/mol. The van der Waals surface area contributed by atoms with Crippen molar-refractivity contribution >= 4 is 15.7 Å². The molecule has 2 rings (SSSR count). The number of likely N-dealkylation sites (N-methyl/N-ethyl adjacent to an activating group) is 1. The van der Waals surface area contributed by atoms with Crippen LogP contribution in [0.15, 0.2) is 23.1 Å². The summed E-state index contributed by atoms with van der Waals surface area (Å²) < 4.78 is 44.6. The highest BCUT2D eigenvalue weighted by Crippen LogP contribution is 2.23. The van der Waals surface area contributed by atoms with Crippen molar-refractivity contribution in [2.45, 2.75) is 30.3 Å². The maximum Gasteiger partial charge on any atom is 0.244 e. The molecule has 1 aliphatic rings. The Balaban J connectivity index is 2.16. The number of halogens is 1. The molecule has 7 heteroatoms. The van der Waals surface area contributed by atoms with Crippen molar-refractivity contribution in [1.29, 1.82) is 0 Å². The quantitative estimate of drug-likeness (QED) is 0.857. The van der Waals surface area contributed by atoms with E-state index >= 15 is 0 Å². The summed E-state index contributed by atoms with van der Waals surface area (Å²) in [5, 5.41) is 0. The van der Waals surface area contributed by atoms with E-state index in [0.29, 0.717) is 6.61 Å². The number of nitrogen functional groups attached to an aromatic ring is 1. The molecule has 1 unspecified atom stereocenters. The van der Waals surface area contributed by atoms with E-state index in [1.54, 1.807) is 0 Å². The Morgan fingerprint density at radius 2 is 2.20 bits per heavy atom. The van der Waals surface area contributed by atoms with Gasteiger partial charge in [-0.15, -0.1) is 0 Å². The van der Waals surface area contributed by atoms with Gasteiger partial charge in [0.1, 0.15) is 10.7 Å². The van der Waals surface area contributed by atoms with E-state index in [-0.39, 0.29) is 23.2 Å². The smallest absolute Gasteiger partial charge is 0.244 e. The maximum absolute atomic E-state index is 13.0. The highest BCUT2D eigenvalue weighted by molar-refractivity contribution is 7.89. The van der Waals surface area contributed by atoms with Crippen LogP contribution in [0.3, 0.4) is 0 Å². The van der Waals surface area contributed by atoms with Gasteiger partial charge < -0.3 is 10.5 Å². The number of nitrogens with zero attached hydrogens (tertiary/aromatic N) is 1. The molecule has 1 atom stereocenters. The molecular weight excluding hydrogens is 283 g/mol. The van der Waals surface area contributed by atoms with Gasteiger partial charge in [-0.3, -0.25) is 0 Å². The monoisotopic (exact) mass is 302 g/mol. The lowest BCUT2D eigenvalue weighted by atomic mass is 10.1. The minimum absolute atomic E-state index is 0.0720. The van der Waals surface area contributed by atoms with Crippen molar-refractivity contribution in [3.8, 4) is 0 Å². The van der Waals surface area contributed by atoms with Gasteiger partial charge in [0, 0.05) is 20.2 Å². The summed E-state index contributed by atoms with van der Waals surface area (Å²) in [6.07, 6.45) is 2.80. The van der Waals surface area contributed by atoms with E-state index < -0.39 is 15.8 Å². The second-order valence-electron chi connectivity index (χ2n) is 4.96. The van der Waals surface area contributed by atoms with Gasteiger partial charge in [-0.2, -0.15) is 4.31 Å². The minimum atomic E-state index is -3.72. The van der Waals surface area contributed by atoms with Crippen LogP contribution in [-0.4, -0.2) is 39.0 Å². The second-order valence-corrected chi connectivity index (χ2v) is 6.97. The van der Waals surface area contributed by atoms with E-state index in [2.05, 4.69) is 0 Å². The Labute approximate surface area is 118 Å². The summed E-state index contributed by atoms with van der Waals surface area (Å²) >= 11 is 0. The fraction of sp³-hybridized carbons (Fsp3) is 0.538. The number of hydrogen-bond donors (Lipinski definition) is 1. The fourth-order valence-electron chi connectivity index (χ4n) is 2.26. The number of ether oxygens (including phenoxy) is 1. The first-order valence-corrected chi connectivity index (χ1v) is 7.98. The van der Waals surface area contributed by atoms with Crippen molar-refractivity contribution in [3.63, 3.8) is 0 Å². The molecule has 20 heavy (non-hydrogen) atoms. The topological polar surface area (TPSA) is 72.6 Å². The molecule has 0 amide bonds. The van der Waals surface area contributed by atoms with E-state index in [1.165, 1.54) is 17.4 Å². The molecule has 1 heterocycles. The van der Waals surface area contributed by atoms with Crippen molar-refractivity contribution in [3.05, 3.63) is 24.0 Å². The van der Waals surface area contributed by atoms with Crippen molar-refractivity contribution in [1.82, 2.24) is 4.31 Å². The largest absolute Gasteiger partial charge is 0.398 e. The Morgan fingerprint density at radius 1 is 1.45 bits per heavy atom. The summed E-state index contributed by atoms with van der Waals surface area (Å²) in [7, 11) is -2.24. The zero-order chi connectivity index (χ0) is 14.8. The Bertz CT molecular complexity index is 571. The molecule has 1 saturated heterocycles. The molecule has 5 nitrogen and oxygen atoms in total.